The minimum Gasteiger partial charge on any atom is -0.497 e. The van der Waals surface area contributed by atoms with Crippen LogP contribution in [0.1, 0.15) is 10.4 Å². The molecule has 1 amide bonds. The SMILES string of the molecule is COc1cccc(CN(C)C(=O)CN2CCN(Cc3ccc(Cl)s3)CC2)c1. The van der Waals surface area contributed by atoms with Crippen LogP contribution >= 0.6 is 22.9 Å². The second-order valence-electron chi connectivity index (χ2n) is 6.86. The van der Waals surface area contributed by atoms with Gasteiger partial charge in [0.1, 0.15) is 5.75 Å². The average Bonchev–Trinajstić information content (AvgIpc) is 3.08. The molecule has 2 aromatic rings. The molecule has 0 N–H and O–H groups in total. The molecule has 1 aliphatic rings. The van der Waals surface area contributed by atoms with E-state index in [9.17, 15) is 4.79 Å². The molecule has 0 saturated carbocycles. The lowest BCUT2D eigenvalue weighted by atomic mass is 10.2. The van der Waals surface area contributed by atoms with Crippen LogP contribution in [0, 0.1) is 0 Å². The molecular formula is C20H26ClN3O2S. The van der Waals surface area contributed by atoms with Gasteiger partial charge in [-0.25, -0.2) is 0 Å². The van der Waals surface area contributed by atoms with E-state index < -0.39 is 0 Å². The minimum absolute atomic E-state index is 0.149. The topological polar surface area (TPSA) is 36.0 Å². The molecule has 5 nitrogen and oxygen atoms in total. The molecule has 0 atom stereocenters. The molecule has 7 heteroatoms. The number of nitrogens with zero attached hydrogens (tertiary/aromatic N) is 3. The molecule has 1 aromatic heterocycles. The highest BCUT2D eigenvalue weighted by Crippen LogP contribution is 2.23. The van der Waals surface area contributed by atoms with Crippen molar-refractivity contribution in [3.8, 4) is 5.75 Å². The smallest absolute Gasteiger partial charge is 0.236 e. The lowest BCUT2D eigenvalue weighted by Crippen LogP contribution is -2.49. The maximum Gasteiger partial charge on any atom is 0.236 e. The van der Waals surface area contributed by atoms with E-state index in [1.54, 1.807) is 23.3 Å². The number of carbonyl (C=O) groups is 1. The molecule has 2 heterocycles. The van der Waals surface area contributed by atoms with Crippen LogP contribution in [0.15, 0.2) is 36.4 Å². The fraction of sp³-hybridized carbons (Fsp3) is 0.450. The molecule has 1 fully saturated rings. The average molecular weight is 408 g/mol. The van der Waals surface area contributed by atoms with E-state index in [1.165, 1.54) is 4.88 Å². The van der Waals surface area contributed by atoms with Crippen molar-refractivity contribution in [1.82, 2.24) is 14.7 Å². The standard InChI is InChI=1S/C20H26ClN3O2S/c1-22(13-16-4-3-5-17(12-16)26-2)20(25)15-24-10-8-23(9-11-24)14-18-6-7-19(21)27-18/h3-7,12H,8-11,13-15H2,1-2H3. The van der Waals surface area contributed by atoms with E-state index in [2.05, 4.69) is 15.9 Å². The zero-order chi connectivity index (χ0) is 19.2. The van der Waals surface area contributed by atoms with Crippen LogP contribution in [0.2, 0.25) is 4.34 Å². The number of hydrogen-bond donors (Lipinski definition) is 0. The Bertz CT molecular complexity index is 759. The predicted octanol–water partition coefficient (Wildman–Crippen LogP) is 3.19. The summed E-state index contributed by atoms with van der Waals surface area (Å²) in [5.41, 5.74) is 1.07. The Morgan fingerprint density at radius 1 is 1.19 bits per heavy atom. The van der Waals surface area contributed by atoms with Gasteiger partial charge >= 0.3 is 0 Å². The number of piperazine rings is 1. The first-order valence-corrected chi connectivity index (χ1v) is 10.3. The van der Waals surface area contributed by atoms with Crippen LogP contribution < -0.4 is 4.74 Å². The molecular weight excluding hydrogens is 382 g/mol. The number of amides is 1. The summed E-state index contributed by atoms with van der Waals surface area (Å²) in [4.78, 5) is 20.3. The van der Waals surface area contributed by atoms with Crippen LogP contribution in [-0.2, 0) is 17.9 Å². The summed E-state index contributed by atoms with van der Waals surface area (Å²) in [7, 11) is 3.51. The molecule has 146 valence electrons. The molecule has 27 heavy (non-hydrogen) atoms. The summed E-state index contributed by atoms with van der Waals surface area (Å²) < 4.78 is 6.09. The first-order chi connectivity index (χ1) is 13.0. The summed E-state index contributed by atoms with van der Waals surface area (Å²) in [5, 5.41) is 0. The van der Waals surface area contributed by atoms with Crippen molar-refractivity contribution in [2.45, 2.75) is 13.1 Å². The lowest BCUT2D eigenvalue weighted by molar-refractivity contribution is -0.132. The summed E-state index contributed by atoms with van der Waals surface area (Å²) in [6.07, 6.45) is 0. The number of benzene rings is 1. The molecule has 0 aliphatic carbocycles. The van der Waals surface area contributed by atoms with Gasteiger partial charge in [-0.3, -0.25) is 14.6 Å². The highest BCUT2D eigenvalue weighted by atomic mass is 35.5. The van der Waals surface area contributed by atoms with Crippen molar-refractivity contribution in [1.29, 1.82) is 0 Å². The molecule has 1 saturated heterocycles. The van der Waals surface area contributed by atoms with Gasteiger partial charge in [0.25, 0.3) is 0 Å². The number of thiophene rings is 1. The van der Waals surface area contributed by atoms with Crippen molar-refractivity contribution in [3.63, 3.8) is 0 Å². The molecule has 0 spiro atoms. The fourth-order valence-corrected chi connectivity index (χ4v) is 4.34. The van der Waals surface area contributed by atoms with Gasteiger partial charge in [0.05, 0.1) is 18.0 Å². The van der Waals surface area contributed by atoms with Gasteiger partial charge in [-0.1, -0.05) is 23.7 Å². The van der Waals surface area contributed by atoms with Crippen molar-refractivity contribution in [2.75, 3.05) is 46.9 Å². The van der Waals surface area contributed by atoms with E-state index in [4.69, 9.17) is 16.3 Å². The number of carbonyl (C=O) groups excluding carboxylic acids is 1. The lowest BCUT2D eigenvalue weighted by Gasteiger charge is -2.34. The first-order valence-electron chi connectivity index (χ1n) is 9.09. The number of halogens is 1. The third-order valence-electron chi connectivity index (χ3n) is 4.81. The number of hydrogen-bond acceptors (Lipinski definition) is 5. The Morgan fingerprint density at radius 3 is 2.59 bits per heavy atom. The van der Waals surface area contributed by atoms with E-state index in [0.717, 1.165) is 48.4 Å². The summed E-state index contributed by atoms with van der Waals surface area (Å²) in [6.45, 7) is 5.78. The number of ether oxygens (including phenoxy) is 1. The third-order valence-corrected chi connectivity index (χ3v) is 6.03. The van der Waals surface area contributed by atoms with E-state index in [-0.39, 0.29) is 5.91 Å². The second-order valence-corrected chi connectivity index (χ2v) is 8.66. The Balaban J connectivity index is 1.43. The van der Waals surface area contributed by atoms with Gasteiger partial charge in [0.2, 0.25) is 5.91 Å². The third kappa shape index (κ3) is 5.94. The summed E-state index contributed by atoms with van der Waals surface area (Å²) >= 11 is 7.65. The molecule has 0 unspecified atom stereocenters. The maximum absolute atomic E-state index is 12.6. The molecule has 1 aromatic carbocycles. The van der Waals surface area contributed by atoms with Crippen molar-refractivity contribution < 1.29 is 9.53 Å². The fourth-order valence-electron chi connectivity index (χ4n) is 3.21. The Kier molecular flexibility index (Phi) is 7.13. The monoisotopic (exact) mass is 407 g/mol. The van der Waals surface area contributed by atoms with E-state index >= 15 is 0 Å². The normalized spacial score (nSPS) is 15.7. The van der Waals surface area contributed by atoms with Crippen LogP contribution in [0.4, 0.5) is 0 Å². The van der Waals surface area contributed by atoms with Crippen LogP contribution in [0.5, 0.6) is 5.75 Å². The second kappa shape index (κ2) is 9.55. The summed E-state index contributed by atoms with van der Waals surface area (Å²) in [5.74, 6) is 0.966. The molecule has 3 rings (SSSR count). The van der Waals surface area contributed by atoms with Crippen molar-refractivity contribution >= 4 is 28.8 Å². The number of rotatable bonds is 7. The highest BCUT2D eigenvalue weighted by Gasteiger charge is 2.21. The quantitative estimate of drug-likeness (QED) is 0.706. The van der Waals surface area contributed by atoms with Gasteiger partial charge in [0, 0.05) is 51.2 Å². The predicted molar refractivity (Wildman–Crippen MR) is 111 cm³/mol. The largest absolute Gasteiger partial charge is 0.497 e. The van der Waals surface area contributed by atoms with Crippen molar-refractivity contribution in [2.24, 2.45) is 0 Å². The van der Waals surface area contributed by atoms with Crippen molar-refractivity contribution in [3.05, 3.63) is 51.2 Å². The first kappa shape index (κ1) is 20.1. The van der Waals surface area contributed by atoms with E-state index in [0.29, 0.717) is 13.1 Å². The number of likely N-dealkylation sites (N-methyl/N-ethyl adjacent to an activating group) is 1. The molecule has 0 radical (unpaired) electrons. The highest BCUT2D eigenvalue weighted by molar-refractivity contribution is 7.16. The van der Waals surface area contributed by atoms with Gasteiger partial charge in [-0.2, -0.15) is 0 Å². The molecule has 1 aliphatic heterocycles. The van der Waals surface area contributed by atoms with E-state index in [1.807, 2.05) is 37.4 Å². The summed E-state index contributed by atoms with van der Waals surface area (Å²) in [6, 6.07) is 11.9. The zero-order valence-electron chi connectivity index (χ0n) is 15.9. The van der Waals surface area contributed by atoms with Crippen LogP contribution in [-0.4, -0.2) is 67.5 Å². The minimum atomic E-state index is 0.149. The van der Waals surface area contributed by atoms with Gasteiger partial charge in [-0.05, 0) is 29.8 Å². The molecule has 0 bridgehead atoms. The van der Waals surface area contributed by atoms with Crippen LogP contribution in [0.25, 0.3) is 0 Å². The van der Waals surface area contributed by atoms with Gasteiger partial charge < -0.3 is 9.64 Å². The Morgan fingerprint density at radius 2 is 1.93 bits per heavy atom. The Labute approximate surface area is 170 Å². The van der Waals surface area contributed by atoms with Gasteiger partial charge in [0.15, 0.2) is 0 Å². The van der Waals surface area contributed by atoms with Gasteiger partial charge in [-0.15, -0.1) is 11.3 Å². The zero-order valence-corrected chi connectivity index (χ0v) is 17.4. The maximum atomic E-state index is 12.6. The Hall–Kier alpha value is -1.60. The number of methoxy groups -OCH3 is 1. The van der Waals surface area contributed by atoms with Crippen LogP contribution in [0.3, 0.4) is 0 Å².